The monoisotopic (exact) mass is 273 g/mol. The van der Waals surface area contributed by atoms with Crippen molar-refractivity contribution in [2.24, 2.45) is 5.92 Å². The highest BCUT2D eigenvalue weighted by atomic mass is 16.4. The number of amides is 1. The molecule has 104 valence electrons. The van der Waals surface area contributed by atoms with E-state index in [0.29, 0.717) is 30.3 Å². The van der Waals surface area contributed by atoms with Gasteiger partial charge in [0.15, 0.2) is 0 Å². The van der Waals surface area contributed by atoms with Crippen molar-refractivity contribution in [3.63, 3.8) is 0 Å². The first-order chi connectivity index (χ1) is 9.65. The second-order valence-corrected chi connectivity index (χ2v) is 5.16. The summed E-state index contributed by atoms with van der Waals surface area (Å²) in [6, 6.07) is 5.36. The van der Waals surface area contributed by atoms with E-state index in [9.17, 15) is 9.59 Å². The number of H-pyrrole nitrogens is 1. The highest BCUT2D eigenvalue weighted by molar-refractivity contribution is 6.05. The van der Waals surface area contributed by atoms with Crippen LogP contribution in [0, 0.1) is 5.92 Å². The molecule has 0 unspecified atom stereocenters. The van der Waals surface area contributed by atoms with E-state index in [4.69, 9.17) is 5.11 Å². The van der Waals surface area contributed by atoms with Crippen LogP contribution in [-0.2, 0) is 4.79 Å². The van der Waals surface area contributed by atoms with E-state index in [1.54, 1.807) is 12.3 Å². The van der Waals surface area contributed by atoms with Crippen molar-refractivity contribution in [1.82, 2.24) is 15.5 Å². The summed E-state index contributed by atoms with van der Waals surface area (Å²) in [6.07, 6.45) is 3.50. The number of hydrogen-bond acceptors (Lipinski definition) is 3. The zero-order valence-corrected chi connectivity index (χ0v) is 10.8. The molecule has 20 heavy (non-hydrogen) atoms. The summed E-state index contributed by atoms with van der Waals surface area (Å²) in [4.78, 5) is 23.2. The van der Waals surface area contributed by atoms with Gasteiger partial charge in [-0.25, -0.2) is 0 Å². The lowest BCUT2D eigenvalue weighted by Crippen LogP contribution is -2.33. The largest absolute Gasteiger partial charge is 0.481 e. The number of aliphatic carboxylic acids is 1. The maximum absolute atomic E-state index is 12.3. The molecule has 3 rings (SSSR count). The fourth-order valence-electron chi connectivity index (χ4n) is 2.76. The van der Waals surface area contributed by atoms with Crippen LogP contribution >= 0.6 is 0 Å². The molecule has 1 aromatic heterocycles. The number of hydrogen-bond donors (Lipinski definition) is 3. The number of carboxylic acid groups (broad SMARTS) is 1. The second-order valence-electron chi connectivity index (χ2n) is 5.16. The standard InChI is InChI=1S/C14H15N3O3/c18-13(16-10-5-4-8(6-10)14(19)20)11-3-1-2-9-7-15-17-12(9)11/h1-3,7-8,10H,4-6H2,(H,15,17)(H,16,18)(H,19,20)/t8-,10+/m0/s1. The molecule has 0 aliphatic heterocycles. The molecule has 0 radical (unpaired) electrons. The van der Waals surface area contributed by atoms with Gasteiger partial charge in [0, 0.05) is 11.4 Å². The SMILES string of the molecule is O=C(N[C@@H]1CC[C@H](C(=O)O)C1)c1cccc2cn[nH]c12. The van der Waals surface area contributed by atoms with E-state index in [2.05, 4.69) is 15.5 Å². The maximum Gasteiger partial charge on any atom is 0.306 e. The zero-order chi connectivity index (χ0) is 14.1. The number of benzene rings is 1. The molecule has 2 atom stereocenters. The van der Waals surface area contributed by atoms with E-state index >= 15 is 0 Å². The van der Waals surface area contributed by atoms with Crippen LogP contribution in [-0.4, -0.2) is 33.2 Å². The predicted molar refractivity (Wildman–Crippen MR) is 72.3 cm³/mol. The Balaban J connectivity index is 1.74. The molecule has 6 nitrogen and oxygen atoms in total. The van der Waals surface area contributed by atoms with Gasteiger partial charge in [-0.3, -0.25) is 14.7 Å². The highest BCUT2D eigenvalue weighted by Crippen LogP contribution is 2.26. The van der Waals surface area contributed by atoms with Gasteiger partial charge in [-0.05, 0) is 25.3 Å². The summed E-state index contributed by atoms with van der Waals surface area (Å²) >= 11 is 0. The number of fused-ring (bicyclic) bond motifs is 1. The molecular formula is C14H15N3O3. The average molecular weight is 273 g/mol. The Labute approximate surface area is 115 Å². The van der Waals surface area contributed by atoms with Gasteiger partial charge in [-0.15, -0.1) is 0 Å². The first kappa shape index (κ1) is 12.7. The fourth-order valence-corrected chi connectivity index (χ4v) is 2.76. The number of nitrogens with one attached hydrogen (secondary N) is 2. The molecule has 1 heterocycles. The van der Waals surface area contributed by atoms with Crippen molar-refractivity contribution in [2.45, 2.75) is 25.3 Å². The van der Waals surface area contributed by atoms with Crippen LogP contribution < -0.4 is 5.32 Å². The Morgan fingerprint density at radius 3 is 2.95 bits per heavy atom. The van der Waals surface area contributed by atoms with Crippen LogP contribution in [0.4, 0.5) is 0 Å². The Morgan fingerprint density at radius 2 is 2.20 bits per heavy atom. The third-order valence-corrected chi connectivity index (χ3v) is 3.84. The van der Waals surface area contributed by atoms with Gasteiger partial charge < -0.3 is 10.4 Å². The Bertz CT molecular complexity index is 664. The first-order valence-electron chi connectivity index (χ1n) is 6.61. The number of aromatic amines is 1. The Kier molecular flexibility index (Phi) is 3.14. The molecule has 1 saturated carbocycles. The number of para-hydroxylation sites is 1. The summed E-state index contributed by atoms with van der Waals surface area (Å²) in [5, 5.41) is 19.5. The van der Waals surface area contributed by atoms with Gasteiger partial charge in [0.2, 0.25) is 0 Å². The number of carbonyl (C=O) groups is 2. The second kappa shape index (κ2) is 4.96. The topological polar surface area (TPSA) is 95.1 Å². The number of rotatable bonds is 3. The van der Waals surface area contributed by atoms with Gasteiger partial charge in [-0.1, -0.05) is 12.1 Å². The number of carbonyl (C=O) groups excluding carboxylic acids is 1. The van der Waals surface area contributed by atoms with Crippen molar-refractivity contribution < 1.29 is 14.7 Å². The maximum atomic E-state index is 12.3. The molecule has 1 aliphatic rings. The van der Waals surface area contributed by atoms with Crippen molar-refractivity contribution in [2.75, 3.05) is 0 Å². The van der Waals surface area contributed by atoms with Crippen molar-refractivity contribution in [1.29, 1.82) is 0 Å². The molecule has 3 N–H and O–H groups in total. The molecular weight excluding hydrogens is 258 g/mol. The summed E-state index contributed by atoms with van der Waals surface area (Å²) in [5.41, 5.74) is 1.25. The van der Waals surface area contributed by atoms with Crippen LogP contribution in [0.5, 0.6) is 0 Å². The highest BCUT2D eigenvalue weighted by Gasteiger charge is 2.30. The van der Waals surface area contributed by atoms with Crippen LogP contribution in [0.3, 0.4) is 0 Å². The van der Waals surface area contributed by atoms with Gasteiger partial charge >= 0.3 is 5.97 Å². The molecule has 0 bridgehead atoms. The molecule has 1 amide bonds. The van der Waals surface area contributed by atoms with E-state index in [0.717, 1.165) is 5.39 Å². The van der Waals surface area contributed by atoms with E-state index in [1.807, 2.05) is 12.1 Å². The number of nitrogens with zero attached hydrogens (tertiary/aromatic N) is 1. The number of aromatic nitrogens is 2. The molecule has 0 spiro atoms. The Hall–Kier alpha value is -2.37. The predicted octanol–water partition coefficient (Wildman–Crippen LogP) is 1.55. The summed E-state index contributed by atoms with van der Waals surface area (Å²) in [5.74, 6) is -1.31. The molecule has 6 heteroatoms. The van der Waals surface area contributed by atoms with E-state index in [1.165, 1.54) is 0 Å². The number of carboxylic acids is 1. The van der Waals surface area contributed by atoms with E-state index < -0.39 is 5.97 Å². The minimum Gasteiger partial charge on any atom is -0.481 e. The lowest BCUT2D eigenvalue weighted by atomic mass is 10.1. The van der Waals surface area contributed by atoms with Crippen molar-refractivity contribution >= 4 is 22.8 Å². The first-order valence-corrected chi connectivity index (χ1v) is 6.61. The fraction of sp³-hybridized carbons (Fsp3) is 0.357. The van der Waals surface area contributed by atoms with Crippen LogP contribution in [0.25, 0.3) is 10.9 Å². The smallest absolute Gasteiger partial charge is 0.306 e. The minimum absolute atomic E-state index is 0.0678. The Morgan fingerprint density at radius 1 is 1.35 bits per heavy atom. The molecule has 0 saturated heterocycles. The lowest BCUT2D eigenvalue weighted by Gasteiger charge is -2.12. The van der Waals surface area contributed by atoms with Gasteiger partial charge in [-0.2, -0.15) is 5.10 Å². The van der Waals surface area contributed by atoms with Crippen molar-refractivity contribution in [3.8, 4) is 0 Å². The van der Waals surface area contributed by atoms with Crippen LogP contribution in [0.1, 0.15) is 29.6 Å². The quantitative estimate of drug-likeness (QED) is 0.790. The lowest BCUT2D eigenvalue weighted by molar-refractivity contribution is -0.141. The third-order valence-electron chi connectivity index (χ3n) is 3.84. The average Bonchev–Trinajstić information content (AvgIpc) is 3.05. The molecule has 1 aliphatic carbocycles. The van der Waals surface area contributed by atoms with Gasteiger partial charge in [0.25, 0.3) is 5.91 Å². The molecule has 1 aromatic carbocycles. The third kappa shape index (κ3) is 2.24. The van der Waals surface area contributed by atoms with Crippen molar-refractivity contribution in [3.05, 3.63) is 30.0 Å². The van der Waals surface area contributed by atoms with Gasteiger partial charge in [0.1, 0.15) is 0 Å². The molecule has 1 fully saturated rings. The van der Waals surface area contributed by atoms with Crippen LogP contribution in [0.15, 0.2) is 24.4 Å². The normalized spacial score (nSPS) is 22.0. The van der Waals surface area contributed by atoms with Crippen LogP contribution in [0.2, 0.25) is 0 Å². The zero-order valence-electron chi connectivity index (χ0n) is 10.8. The summed E-state index contributed by atoms with van der Waals surface area (Å²) in [6.45, 7) is 0. The van der Waals surface area contributed by atoms with Gasteiger partial charge in [0.05, 0.1) is 23.2 Å². The van der Waals surface area contributed by atoms with E-state index in [-0.39, 0.29) is 17.9 Å². The summed E-state index contributed by atoms with van der Waals surface area (Å²) in [7, 11) is 0. The molecule has 2 aromatic rings. The minimum atomic E-state index is -0.780. The summed E-state index contributed by atoms with van der Waals surface area (Å²) < 4.78 is 0.